The van der Waals surface area contributed by atoms with Gasteiger partial charge in [0.2, 0.25) is 5.91 Å². The quantitative estimate of drug-likeness (QED) is 0.412. The molecule has 3 rings (SSSR count). The molecule has 1 aromatic heterocycles. The largest absolute Gasteiger partial charge is 0.452 e. The first-order valence-electron chi connectivity index (χ1n) is 10.5. The average molecular weight is 399 g/mol. The number of piperidine rings is 1. The van der Waals surface area contributed by atoms with Crippen LogP contribution in [0.15, 0.2) is 30.6 Å². The highest BCUT2D eigenvalue weighted by Gasteiger charge is 2.34. The number of nitrogens with one attached hydrogen (secondary N) is 1. The van der Waals surface area contributed by atoms with Crippen LogP contribution in [0, 0.1) is 5.92 Å². The van der Waals surface area contributed by atoms with Gasteiger partial charge in [0.25, 0.3) is 5.91 Å². The summed E-state index contributed by atoms with van der Waals surface area (Å²) in [6.07, 6.45) is 12.1. The Morgan fingerprint density at radius 3 is 2.76 bits per heavy atom. The number of hydrogen-bond acceptors (Lipinski definition) is 5. The van der Waals surface area contributed by atoms with E-state index >= 15 is 0 Å². The minimum Gasteiger partial charge on any atom is -0.452 e. The molecule has 2 fully saturated rings. The van der Waals surface area contributed by atoms with Gasteiger partial charge in [-0.3, -0.25) is 19.4 Å². The van der Waals surface area contributed by atoms with Crippen molar-refractivity contribution in [2.45, 2.75) is 51.0 Å². The van der Waals surface area contributed by atoms with E-state index in [-0.39, 0.29) is 17.8 Å². The maximum absolute atomic E-state index is 12.4. The molecule has 29 heavy (non-hydrogen) atoms. The summed E-state index contributed by atoms with van der Waals surface area (Å²) in [5.41, 5.74) is 0.901. The summed E-state index contributed by atoms with van der Waals surface area (Å²) in [6.45, 7) is 2.15. The number of likely N-dealkylation sites (tertiary alicyclic amines) is 1. The van der Waals surface area contributed by atoms with Crippen molar-refractivity contribution in [3.8, 4) is 0 Å². The summed E-state index contributed by atoms with van der Waals surface area (Å²) >= 11 is 0. The molecule has 0 aliphatic carbocycles. The van der Waals surface area contributed by atoms with Gasteiger partial charge < -0.3 is 15.0 Å². The number of ether oxygens (including phenoxy) is 1. The molecule has 7 nitrogen and oxygen atoms in total. The lowest BCUT2D eigenvalue weighted by atomic mass is 9.91. The van der Waals surface area contributed by atoms with Crippen LogP contribution in [0.5, 0.6) is 0 Å². The Labute approximate surface area is 171 Å². The number of pyridine rings is 1. The third-order valence-corrected chi connectivity index (χ3v) is 5.54. The molecule has 0 radical (unpaired) electrons. The van der Waals surface area contributed by atoms with Crippen molar-refractivity contribution in [1.29, 1.82) is 0 Å². The molecule has 2 aliphatic heterocycles. The van der Waals surface area contributed by atoms with Crippen molar-refractivity contribution < 1.29 is 19.1 Å². The van der Waals surface area contributed by atoms with Gasteiger partial charge in [0, 0.05) is 50.9 Å². The molecular weight excluding hydrogens is 370 g/mol. The van der Waals surface area contributed by atoms with E-state index in [0.717, 1.165) is 50.8 Å². The Morgan fingerprint density at radius 1 is 1.24 bits per heavy atom. The molecule has 7 heteroatoms. The number of carbonyl (C=O) groups excluding carboxylic acids is 3. The van der Waals surface area contributed by atoms with Crippen LogP contribution in [-0.2, 0) is 19.1 Å². The molecule has 1 aromatic rings. The van der Waals surface area contributed by atoms with Gasteiger partial charge in [-0.05, 0) is 42.9 Å². The van der Waals surface area contributed by atoms with Crippen LogP contribution in [0.2, 0.25) is 0 Å². The molecule has 156 valence electrons. The lowest BCUT2D eigenvalue weighted by Gasteiger charge is -2.33. The summed E-state index contributed by atoms with van der Waals surface area (Å²) in [7, 11) is 0. The van der Waals surface area contributed by atoms with Crippen molar-refractivity contribution in [2.75, 3.05) is 19.6 Å². The van der Waals surface area contributed by atoms with Crippen LogP contribution in [-0.4, -0.2) is 53.4 Å². The van der Waals surface area contributed by atoms with Crippen LogP contribution < -0.4 is 5.32 Å². The van der Waals surface area contributed by atoms with E-state index in [1.807, 2.05) is 17.0 Å². The normalized spacial score (nSPS) is 20.1. The number of rotatable bonds is 8. The van der Waals surface area contributed by atoms with E-state index < -0.39 is 6.10 Å². The number of amides is 2. The Balaban J connectivity index is 1.24. The second kappa shape index (κ2) is 10.7. The minimum absolute atomic E-state index is 0.0312. The highest BCUT2D eigenvalue weighted by molar-refractivity contribution is 5.91. The summed E-state index contributed by atoms with van der Waals surface area (Å²) < 4.78 is 5.08. The van der Waals surface area contributed by atoms with Crippen molar-refractivity contribution in [1.82, 2.24) is 15.2 Å². The lowest BCUT2D eigenvalue weighted by molar-refractivity contribution is -0.153. The van der Waals surface area contributed by atoms with Crippen LogP contribution in [0.3, 0.4) is 0 Å². The Bertz CT molecular complexity index is 727. The molecule has 1 N–H and O–H groups in total. The van der Waals surface area contributed by atoms with Gasteiger partial charge in [-0.1, -0.05) is 18.9 Å². The fourth-order valence-corrected chi connectivity index (χ4v) is 3.82. The Kier molecular flexibility index (Phi) is 7.78. The Hall–Kier alpha value is -2.70. The smallest absolute Gasteiger partial charge is 0.306 e. The number of nitrogens with zero attached hydrogens (tertiary/aromatic N) is 2. The molecule has 1 atom stereocenters. The molecule has 0 aromatic carbocycles. The SMILES string of the molecule is O=C(/C=C/c1cccnc1)NCCCCC1CCN(C(=O)C2CCC(=O)O2)CC1. The van der Waals surface area contributed by atoms with E-state index in [1.165, 1.54) is 6.08 Å². The molecule has 0 bridgehead atoms. The van der Waals surface area contributed by atoms with Gasteiger partial charge in [0.1, 0.15) is 0 Å². The molecule has 2 aliphatic rings. The maximum atomic E-state index is 12.4. The second-order valence-electron chi connectivity index (χ2n) is 7.69. The summed E-state index contributed by atoms with van der Waals surface area (Å²) in [6, 6.07) is 3.73. The first-order valence-corrected chi connectivity index (χ1v) is 10.5. The zero-order valence-electron chi connectivity index (χ0n) is 16.7. The highest BCUT2D eigenvalue weighted by Crippen LogP contribution is 2.25. The van der Waals surface area contributed by atoms with E-state index in [9.17, 15) is 14.4 Å². The van der Waals surface area contributed by atoms with Crippen LogP contribution in [0.1, 0.15) is 50.5 Å². The minimum atomic E-state index is -0.560. The number of cyclic esters (lactones) is 1. The highest BCUT2D eigenvalue weighted by atomic mass is 16.6. The number of hydrogen-bond donors (Lipinski definition) is 1. The van der Waals surface area contributed by atoms with E-state index in [2.05, 4.69) is 10.3 Å². The number of carbonyl (C=O) groups is 3. The molecule has 2 amide bonds. The topological polar surface area (TPSA) is 88.6 Å². The molecular formula is C22H29N3O4. The Morgan fingerprint density at radius 2 is 2.07 bits per heavy atom. The first-order chi connectivity index (χ1) is 14.1. The molecule has 0 saturated carbocycles. The zero-order chi connectivity index (χ0) is 20.5. The van der Waals surface area contributed by atoms with Gasteiger partial charge in [0.15, 0.2) is 6.10 Å². The number of unbranched alkanes of at least 4 members (excludes halogenated alkanes) is 1. The van der Waals surface area contributed by atoms with Crippen molar-refractivity contribution in [3.05, 3.63) is 36.2 Å². The predicted octanol–water partition coefficient (Wildman–Crippen LogP) is 2.33. The van der Waals surface area contributed by atoms with Gasteiger partial charge in [-0.2, -0.15) is 0 Å². The van der Waals surface area contributed by atoms with Crippen molar-refractivity contribution >= 4 is 23.9 Å². The monoisotopic (exact) mass is 399 g/mol. The molecule has 3 heterocycles. The van der Waals surface area contributed by atoms with Crippen LogP contribution >= 0.6 is 0 Å². The fraction of sp³-hybridized carbons (Fsp3) is 0.545. The maximum Gasteiger partial charge on any atom is 0.306 e. The first kappa shape index (κ1) is 21.0. The molecule has 0 spiro atoms. The summed E-state index contributed by atoms with van der Waals surface area (Å²) in [5, 5.41) is 2.91. The second-order valence-corrected chi connectivity index (χ2v) is 7.69. The number of aromatic nitrogens is 1. The van der Waals surface area contributed by atoms with Crippen LogP contribution in [0.25, 0.3) is 6.08 Å². The van der Waals surface area contributed by atoms with E-state index in [0.29, 0.717) is 25.3 Å². The van der Waals surface area contributed by atoms with Gasteiger partial charge in [-0.15, -0.1) is 0 Å². The fourth-order valence-electron chi connectivity index (χ4n) is 3.82. The van der Waals surface area contributed by atoms with Crippen molar-refractivity contribution in [2.24, 2.45) is 5.92 Å². The molecule has 2 saturated heterocycles. The predicted molar refractivity (Wildman–Crippen MR) is 109 cm³/mol. The third-order valence-electron chi connectivity index (χ3n) is 5.54. The van der Waals surface area contributed by atoms with Crippen LogP contribution in [0.4, 0.5) is 0 Å². The van der Waals surface area contributed by atoms with Crippen molar-refractivity contribution in [3.63, 3.8) is 0 Å². The zero-order valence-corrected chi connectivity index (χ0v) is 16.7. The lowest BCUT2D eigenvalue weighted by Crippen LogP contribution is -2.43. The summed E-state index contributed by atoms with van der Waals surface area (Å²) in [4.78, 5) is 41.2. The molecule has 1 unspecified atom stereocenters. The average Bonchev–Trinajstić information content (AvgIpc) is 3.19. The number of esters is 1. The summed E-state index contributed by atoms with van der Waals surface area (Å²) in [5.74, 6) is 0.230. The third kappa shape index (κ3) is 6.69. The van der Waals surface area contributed by atoms with E-state index in [1.54, 1.807) is 18.5 Å². The van der Waals surface area contributed by atoms with Gasteiger partial charge in [-0.25, -0.2) is 0 Å². The van der Waals surface area contributed by atoms with Gasteiger partial charge >= 0.3 is 5.97 Å². The van der Waals surface area contributed by atoms with Gasteiger partial charge in [0.05, 0.1) is 0 Å². The standard InChI is InChI=1S/C22H29N3O4/c26-20(8-6-18-5-3-12-23-16-18)24-13-2-1-4-17-10-14-25(15-11-17)22(28)19-7-9-21(27)29-19/h3,5-6,8,12,16-17,19H,1-2,4,7,9-11,13-15H2,(H,24,26)/b8-6+. The van der Waals surface area contributed by atoms with E-state index in [4.69, 9.17) is 4.74 Å².